The van der Waals surface area contributed by atoms with Crippen molar-refractivity contribution in [2.24, 2.45) is 0 Å². The molecule has 0 amide bonds. The molecule has 1 saturated heterocycles. The average molecular weight is 430 g/mol. The van der Waals surface area contributed by atoms with Crippen molar-refractivity contribution in [2.75, 3.05) is 36.8 Å². The average Bonchev–Trinajstić information content (AvgIpc) is 2.81. The summed E-state index contributed by atoms with van der Waals surface area (Å²) in [5.74, 6) is -0.323. The minimum Gasteiger partial charge on any atom is -0.459 e. The maximum absolute atomic E-state index is 12.7. The summed E-state index contributed by atoms with van der Waals surface area (Å²) in [6, 6.07) is 27.0. The number of nitrogens with two attached hydrogens (primary N) is 1. The molecule has 0 aliphatic carbocycles. The lowest BCUT2D eigenvalue weighted by molar-refractivity contribution is 0.0378. The van der Waals surface area contributed by atoms with Crippen LogP contribution in [-0.2, 0) is 4.74 Å². The van der Waals surface area contributed by atoms with Gasteiger partial charge in [-0.2, -0.15) is 0 Å². The number of nitrogens with zero attached hydrogens (tertiary/aromatic N) is 2. The Hall–Kier alpha value is -3.31. The Morgan fingerprint density at radius 2 is 1.41 bits per heavy atom. The third kappa shape index (κ3) is 4.94. The van der Waals surface area contributed by atoms with Gasteiger partial charge in [0.05, 0.1) is 23.4 Å². The molecule has 3 aromatic rings. The normalized spacial score (nSPS) is 14.7. The SMILES string of the molecule is CC(C)OC(=O)c1cc(N)ccc1N1CCN(C(c2ccccc2)c2ccccc2)CC1. The van der Waals surface area contributed by atoms with Crippen LogP contribution in [0, 0.1) is 0 Å². The van der Waals surface area contributed by atoms with E-state index >= 15 is 0 Å². The van der Waals surface area contributed by atoms with Crippen LogP contribution in [0.5, 0.6) is 0 Å². The number of carbonyl (C=O) groups excluding carboxylic acids is 1. The molecule has 1 heterocycles. The molecule has 0 unspecified atom stereocenters. The van der Waals surface area contributed by atoms with E-state index in [-0.39, 0.29) is 18.1 Å². The lowest BCUT2D eigenvalue weighted by Crippen LogP contribution is -2.48. The zero-order valence-electron chi connectivity index (χ0n) is 18.8. The number of hydrogen-bond donors (Lipinski definition) is 1. The third-order valence-electron chi connectivity index (χ3n) is 5.83. The highest BCUT2D eigenvalue weighted by atomic mass is 16.5. The second-order valence-corrected chi connectivity index (χ2v) is 8.48. The fourth-order valence-electron chi connectivity index (χ4n) is 4.38. The molecule has 1 aliphatic heterocycles. The number of esters is 1. The first kappa shape index (κ1) is 21.9. The van der Waals surface area contributed by atoms with E-state index < -0.39 is 0 Å². The van der Waals surface area contributed by atoms with Crippen molar-refractivity contribution in [2.45, 2.75) is 26.0 Å². The first-order chi connectivity index (χ1) is 15.5. The number of anilines is 2. The van der Waals surface area contributed by atoms with Crippen molar-refractivity contribution in [3.05, 3.63) is 95.6 Å². The molecular formula is C27H31N3O2. The second-order valence-electron chi connectivity index (χ2n) is 8.48. The van der Waals surface area contributed by atoms with Gasteiger partial charge in [0.15, 0.2) is 0 Å². The Bertz CT molecular complexity index is 990. The van der Waals surface area contributed by atoms with Gasteiger partial charge in [-0.3, -0.25) is 4.90 Å². The molecule has 5 nitrogen and oxygen atoms in total. The number of ether oxygens (including phenoxy) is 1. The maximum atomic E-state index is 12.7. The van der Waals surface area contributed by atoms with Crippen LogP contribution in [0.25, 0.3) is 0 Å². The van der Waals surface area contributed by atoms with Gasteiger partial charge in [0.25, 0.3) is 0 Å². The van der Waals surface area contributed by atoms with Crippen LogP contribution >= 0.6 is 0 Å². The Balaban J connectivity index is 1.55. The molecule has 1 fully saturated rings. The molecule has 0 spiro atoms. The van der Waals surface area contributed by atoms with Crippen molar-refractivity contribution < 1.29 is 9.53 Å². The van der Waals surface area contributed by atoms with Crippen LogP contribution in [0.1, 0.15) is 41.4 Å². The number of carbonyl (C=O) groups is 1. The standard InChI is InChI=1S/C27H31N3O2/c1-20(2)32-27(31)24-19-23(28)13-14-25(24)29-15-17-30(18-16-29)26(21-9-5-3-6-10-21)22-11-7-4-8-12-22/h3-14,19-20,26H,15-18,28H2,1-2H3. The van der Waals surface area contributed by atoms with Crippen LogP contribution in [-0.4, -0.2) is 43.2 Å². The number of hydrogen-bond acceptors (Lipinski definition) is 5. The molecule has 4 rings (SSSR count). The van der Waals surface area contributed by atoms with Gasteiger partial charge >= 0.3 is 5.97 Å². The fraction of sp³-hybridized carbons (Fsp3) is 0.296. The van der Waals surface area contributed by atoms with E-state index in [1.165, 1.54) is 11.1 Å². The molecule has 0 radical (unpaired) electrons. The number of nitrogen functional groups attached to an aromatic ring is 1. The molecule has 5 heteroatoms. The minimum absolute atomic E-state index is 0.175. The van der Waals surface area contributed by atoms with Gasteiger partial charge in [0.1, 0.15) is 0 Å². The summed E-state index contributed by atoms with van der Waals surface area (Å²) < 4.78 is 5.47. The monoisotopic (exact) mass is 429 g/mol. The van der Waals surface area contributed by atoms with E-state index in [2.05, 4.69) is 70.5 Å². The minimum atomic E-state index is -0.323. The van der Waals surface area contributed by atoms with E-state index in [1.807, 2.05) is 26.0 Å². The van der Waals surface area contributed by atoms with Gasteiger partial charge in [-0.25, -0.2) is 4.79 Å². The number of benzene rings is 3. The maximum Gasteiger partial charge on any atom is 0.340 e. The molecule has 0 bridgehead atoms. The summed E-state index contributed by atoms with van der Waals surface area (Å²) in [5, 5.41) is 0. The Kier molecular flexibility index (Phi) is 6.76. The Morgan fingerprint density at radius 3 is 1.94 bits per heavy atom. The van der Waals surface area contributed by atoms with E-state index in [0.29, 0.717) is 11.3 Å². The molecule has 0 saturated carbocycles. The molecule has 2 N–H and O–H groups in total. The van der Waals surface area contributed by atoms with Crippen molar-refractivity contribution in [1.82, 2.24) is 4.90 Å². The van der Waals surface area contributed by atoms with E-state index in [4.69, 9.17) is 10.5 Å². The highest BCUT2D eigenvalue weighted by molar-refractivity contribution is 5.97. The van der Waals surface area contributed by atoms with Gasteiger partial charge < -0.3 is 15.4 Å². The van der Waals surface area contributed by atoms with Crippen LogP contribution in [0.2, 0.25) is 0 Å². The summed E-state index contributed by atoms with van der Waals surface area (Å²) in [7, 11) is 0. The quantitative estimate of drug-likeness (QED) is 0.453. The topological polar surface area (TPSA) is 58.8 Å². The predicted molar refractivity (Wildman–Crippen MR) is 130 cm³/mol. The van der Waals surface area contributed by atoms with Crippen LogP contribution < -0.4 is 10.6 Å². The van der Waals surface area contributed by atoms with Crippen LogP contribution in [0.15, 0.2) is 78.9 Å². The molecule has 0 atom stereocenters. The van der Waals surface area contributed by atoms with Crippen molar-refractivity contribution in [1.29, 1.82) is 0 Å². The number of piperazine rings is 1. The van der Waals surface area contributed by atoms with Gasteiger partial charge in [0, 0.05) is 31.9 Å². The Labute approximate surface area is 190 Å². The molecule has 1 aliphatic rings. The predicted octanol–water partition coefficient (Wildman–Crippen LogP) is 4.75. The zero-order valence-corrected chi connectivity index (χ0v) is 18.8. The highest BCUT2D eigenvalue weighted by Crippen LogP contribution is 2.31. The van der Waals surface area contributed by atoms with Gasteiger partial charge in [-0.05, 0) is 43.2 Å². The molecular weight excluding hydrogens is 398 g/mol. The van der Waals surface area contributed by atoms with Crippen LogP contribution in [0.4, 0.5) is 11.4 Å². The highest BCUT2D eigenvalue weighted by Gasteiger charge is 2.28. The van der Waals surface area contributed by atoms with Gasteiger partial charge in [0.2, 0.25) is 0 Å². The van der Waals surface area contributed by atoms with Gasteiger partial charge in [-0.1, -0.05) is 60.7 Å². The fourth-order valence-corrected chi connectivity index (χ4v) is 4.38. The van der Waals surface area contributed by atoms with Crippen molar-refractivity contribution in [3.63, 3.8) is 0 Å². The van der Waals surface area contributed by atoms with E-state index in [0.717, 1.165) is 31.9 Å². The summed E-state index contributed by atoms with van der Waals surface area (Å²) in [5.41, 5.74) is 10.6. The van der Waals surface area contributed by atoms with Gasteiger partial charge in [-0.15, -0.1) is 0 Å². The zero-order chi connectivity index (χ0) is 22.5. The molecule has 3 aromatic carbocycles. The van der Waals surface area contributed by atoms with Crippen LogP contribution in [0.3, 0.4) is 0 Å². The first-order valence-corrected chi connectivity index (χ1v) is 11.2. The summed E-state index contributed by atoms with van der Waals surface area (Å²) >= 11 is 0. The molecule has 32 heavy (non-hydrogen) atoms. The molecule has 0 aromatic heterocycles. The summed E-state index contributed by atoms with van der Waals surface area (Å²) in [4.78, 5) is 17.5. The summed E-state index contributed by atoms with van der Waals surface area (Å²) in [6.07, 6.45) is -0.175. The second kappa shape index (κ2) is 9.88. The lowest BCUT2D eigenvalue weighted by Gasteiger charge is -2.41. The lowest BCUT2D eigenvalue weighted by atomic mass is 9.96. The smallest absolute Gasteiger partial charge is 0.340 e. The van der Waals surface area contributed by atoms with E-state index in [9.17, 15) is 4.79 Å². The first-order valence-electron chi connectivity index (χ1n) is 11.2. The third-order valence-corrected chi connectivity index (χ3v) is 5.83. The number of rotatable bonds is 6. The summed E-state index contributed by atoms with van der Waals surface area (Å²) in [6.45, 7) is 7.13. The Morgan fingerprint density at radius 1 is 0.844 bits per heavy atom. The van der Waals surface area contributed by atoms with Crippen molar-refractivity contribution in [3.8, 4) is 0 Å². The largest absolute Gasteiger partial charge is 0.459 e. The van der Waals surface area contributed by atoms with E-state index in [1.54, 1.807) is 6.07 Å². The van der Waals surface area contributed by atoms with Crippen molar-refractivity contribution >= 4 is 17.3 Å². The molecule has 166 valence electrons.